The minimum Gasteiger partial charge on any atom is -0.380 e. The molecule has 13 heteroatoms. The molecule has 2 N–H and O–H groups in total. The van der Waals surface area contributed by atoms with Crippen LogP contribution in [0.4, 0.5) is 5.95 Å². The first-order chi connectivity index (χ1) is 20.6. The summed E-state index contributed by atoms with van der Waals surface area (Å²) in [4.78, 5) is 41.2. The topological polar surface area (TPSA) is 128 Å². The van der Waals surface area contributed by atoms with Crippen molar-refractivity contribution in [3.63, 3.8) is 0 Å². The summed E-state index contributed by atoms with van der Waals surface area (Å²) in [6.07, 6.45) is 9.44. The highest BCUT2D eigenvalue weighted by Crippen LogP contribution is 2.45. The van der Waals surface area contributed by atoms with Crippen LogP contribution >= 0.6 is 27.3 Å². The Morgan fingerprint density at radius 1 is 1.02 bits per heavy atom. The summed E-state index contributed by atoms with van der Waals surface area (Å²) in [5.74, 6) is 6.16. The number of aromatic nitrogens is 6. The van der Waals surface area contributed by atoms with Crippen molar-refractivity contribution >= 4 is 39.1 Å². The number of thiazole rings is 1. The summed E-state index contributed by atoms with van der Waals surface area (Å²) in [5.41, 5.74) is 6.24. The number of hydrogen-bond donors (Lipinski definition) is 1. The molecule has 7 rings (SSSR count). The van der Waals surface area contributed by atoms with Crippen LogP contribution in [0, 0.1) is 0 Å². The molecule has 11 nitrogen and oxygen atoms in total. The molecule has 1 aliphatic heterocycles. The molecule has 42 heavy (non-hydrogen) atoms. The summed E-state index contributed by atoms with van der Waals surface area (Å²) in [6.45, 7) is 2.74. The number of anilines is 1. The van der Waals surface area contributed by atoms with E-state index in [1.54, 1.807) is 24.7 Å². The van der Waals surface area contributed by atoms with Crippen LogP contribution in [-0.4, -0.2) is 66.7 Å². The molecular weight excluding hydrogens is 618 g/mol. The van der Waals surface area contributed by atoms with Gasteiger partial charge in [0.05, 0.1) is 27.6 Å². The van der Waals surface area contributed by atoms with Crippen LogP contribution in [0.15, 0.2) is 65.7 Å². The molecule has 0 radical (unpaired) electrons. The first-order valence-corrected chi connectivity index (χ1v) is 15.2. The molecule has 212 valence electrons. The minimum absolute atomic E-state index is 0.00824. The van der Waals surface area contributed by atoms with Gasteiger partial charge in [-0.1, -0.05) is 11.3 Å². The fraction of sp³-hybridized carbons (Fsp3) is 0.241. The Hall–Kier alpha value is -4.20. The van der Waals surface area contributed by atoms with E-state index >= 15 is 0 Å². The Kier molecular flexibility index (Phi) is 7.14. The largest absolute Gasteiger partial charge is 0.380 e. The van der Waals surface area contributed by atoms with Gasteiger partial charge in [0.1, 0.15) is 0 Å². The lowest BCUT2D eigenvalue weighted by Crippen LogP contribution is -2.35. The lowest BCUT2D eigenvalue weighted by molar-refractivity contribution is 0.0767. The number of pyridine rings is 1. The maximum atomic E-state index is 13.6. The number of hydrogen-bond acceptors (Lipinski definition) is 10. The van der Waals surface area contributed by atoms with Gasteiger partial charge < -0.3 is 14.6 Å². The molecule has 0 unspecified atom stereocenters. The highest BCUT2D eigenvalue weighted by molar-refractivity contribution is 9.10. The Bertz CT molecular complexity index is 1760. The van der Waals surface area contributed by atoms with Crippen LogP contribution in [0.1, 0.15) is 28.0 Å². The standard InChI is InChI=1S/C29H26BrN9O2S/c30-21-16-18(27(40)37-12-3-13-38(15-14-37)28-33-10-2-11-34-28)5-8-23(21)39-25-20(24(36-39)19-4-1-9-32-17-19)6-7-22-26(25)42-29(35-22)41-31/h1-2,4-5,8-11,16-17H,3,6-7,12-15,31H2. The van der Waals surface area contributed by atoms with E-state index in [4.69, 9.17) is 15.8 Å². The number of carbonyl (C=O) groups is 1. The zero-order valence-corrected chi connectivity index (χ0v) is 24.9. The highest BCUT2D eigenvalue weighted by atomic mass is 79.9. The molecule has 1 aromatic carbocycles. The Labute approximate surface area is 254 Å². The molecule has 2 aliphatic rings. The second kappa shape index (κ2) is 11.2. The summed E-state index contributed by atoms with van der Waals surface area (Å²) in [5, 5.41) is 5.50. The lowest BCUT2D eigenvalue weighted by atomic mass is 9.95. The molecule has 0 bridgehead atoms. The zero-order valence-electron chi connectivity index (χ0n) is 22.5. The molecule has 5 heterocycles. The van der Waals surface area contributed by atoms with E-state index in [9.17, 15) is 4.79 Å². The van der Waals surface area contributed by atoms with Gasteiger partial charge in [-0.3, -0.25) is 9.78 Å². The van der Waals surface area contributed by atoms with Crippen LogP contribution in [-0.2, 0) is 12.8 Å². The zero-order chi connectivity index (χ0) is 28.6. The molecular formula is C29H26BrN9O2S. The molecule has 1 fully saturated rings. The summed E-state index contributed by atoms with van der Waals surface area (Å²) in [6, 6.07) is 11.4. The van der Waals surface area contributed by atoms with E-state index in [1.807, 2.05) is 46.1 Å². The number of amides is 1. The lowest BCUT2D eigenvalue weighted by Gasteiger charge is -2.22. The highest BCUT2D eigenvalue weighted by Gasteiger charge is 2.31. The number of carbonyl (C=O) groups excluding carboxylic acids is 1. The molecule has 1 saturated heterocycles. The van der Waals surface area contributed by atoms with Gasteiger partial charge in [-0.15, -0.1) is 0 Å². The van der Waals surface area contributed by atoms with Crippen molar-refractivity contribution in [1.29, 1.82) is 0 Å². The fourth-order valence-electron chi connectivity index (χ4n) is 5.58. The molecule has 1 aliphatic carbocycles. The number of aryl methyl sites for hydroxylation is 1. The molecule has 1 amide bonds. The fourth-order valence-corrected chi connectivity index (χ4v) is 7.07. The molecule has 4 aromatic heterocycles. The Balaban J connectivity index is 1.22. The number of benzene rings is 1. The maximum absolute atomic E-state index is 13.6. The normalized spacial score (nSPS) is 14.7. The SMILES string of the molecule is NOc1nc2c(s1)-c1c(c(-c3cccnc3)nn1-c1ccc(C(=O)N3CCCN(c4ncccn4)CC3)cc1Br)CC2. The predicted molar refractivity (Wildman–Crippen MR) is 163 cm³/mol. The summed E-state index contributed by atoms with van der Waals surface area (Å²) < 4.78 is 2.69. The van der Waals surface area contributed by atoms with E-state index in [-0.39, 0.29) is 5.91 Å². The van der Waals surface area contributed by atoms with Gasteiger partial charge >= 0.3 is 0 Å². The number of rotatable bonds is 5. The van der Waals surface area contributed by atoms with Crippen LogP contribution in [0.2, 0.25) is 0 Å². The summed E-state index contributed by atoms with van der Waals surface area (Å²) in [7, 11) is 0. The Morgan fingerprint density at radius 2 is 1.90 bits per heavy atom. The predicted octanol–water partition coefficient (Wildman–Crippen LogP) is 4.31. The minimum atomic E-state index is -0.00824. The third-order valence-electron chi connectivity index (χ3n) is 7.56. The van der Waals surface area contributed by atoms with Crippen molar-refractivity contribution in [2.24, 2.45) is 5.90 Å². The first-order valence-electron chi connectivity index (χ1n) is 13.6. The summed E-state index contributed by atoms with van der Waals surface area (Å²) >= 11 is 5.16. The van der Waals surface area contributed by atoms with Gasteiger partial charge in [-0.25, -0.2) is 19.6 Å². The van der Waals surface area contributed by atoms with Gasteiger partial charge in [-0.2, -0.15) is 11.0 Å². The maximum Gasteiger partial charge on any atom is 0.294 e. The van der Waals surface area contributed by atoms with Crippen LogP contribution < -0.4 is 15.6 Å². The van der Waals surface area contributed by atoms with Crippen molar-refractivity contribution in [3.05, 3.63) is 82.5 Å². The van der Waals surface area contributed by atoms with Crippen molar-refractivity contribution in [1.82, 2.24) is 34.6 Å². The molecule has 0 atom stereocenters. The molecule has 0 spiro atoms. The van der Waals surface area contributed by atoms with Crippen LogP contribution in [0.25, 0.3) is 27.5 Å². The van der Waals surface area contributed by atoms with Gasteiger partial charge in [0.25, 0.3) is 11.1 Å². The van der Waals surface area contributed by atoms with Crippen LogP contribution in [0.3, 0.4) is 0 Å². The smallest absolute Gasteiger partial charge is 0.294 e. The van der Waals surface area contributed by atoms with Crippen molar-refractivity contribution in [2.75, 3.05) is 31.1 Å². The van der Waals surface area contributed by atoms with Crippen LogP contribution in [0.5, 0.6) is 5.19 Å². The third kappa shape index (κ3) is 4.82. The number of nitrogens with zero attached hydrogens (tertiary/aromatic N) is 8. The van der Waals surface area contributed by atoms with Gasteiger partial charge in [0, 0.05) is 72.1 Å². The van der Waals surface area contributed by atoms with E-state index in [2.05, 4.69) is 40.8 Å². The Morgan fingerprint density at radius 3 is 2.69 bits per heavy atom. The van der Waals surface area contributed by atoms with Gasteiger partial charge in [-0.05, 0) is 71.6 Å². The molecule has 5 aromatic rings. The second-order valence-corrected chi connectivity index (χ2v) is 11.9. The number of fused-ring (bicyclic) bond motifs is 3. The van der Waals surface area contributed by atoms with Crippen molar-refractivity contribution in [3.8, 4) is 32.7 Å². The number of halogens is 1. The average Bonchev–Trinajstić information content (AvgIpc) is 3.54. The van der Waals surface area contributed by atoms with E-state index in [0.717, 1.165) is 69.1 Å². The van der Waals surface area contributed by atoms with Gasteiger partial charge in [0.15, 0.2) is 0 Å². The quantitative estimate of drug-likeness (QED) is 0.279. The average molecular weight is 645 g/mol. The number of nitrogens with two attached hydrogens (primary N) is 1. The van der Waals surface area contributed by atoms with E-state index in [0.29, 0.717) is 36.3 Å². The van der Waals surface area contributed by atoms with Crippen molar-refractivity contribution in [2.45, 2.75) is 19.3 Å². The van der Waals surface area contributed by atoms with Gasteiger partial charge in [0.2, 0.25) is 5.95 Å². The van der Waals surface area contributed by atoms with E-state index < -0.39 is 0 Å². The molecule has 0 saturated carbocycles. The van der Waals surface area contributed by atoms with E-state index in [1.165, 1.54) is 11.3 Å². The van der Waals surface area contributed by atoms with Crippen molar-refractivity contribution < 1.29 is 9.63 Å². The third-order valence-corrected chi connectivity index (χ3v) is 9.20. The first kappa shape index (κ1) is 26.7. The second-order valence-electron chi connectivity index (χ2n) is 10.1. The monoisotopic (exact) mass is 643 g/mol.